The van der Waals surface area contributed by atoms with E-state index >= 15 is 0 Å². The minimum absolute atomic E-state index is 0.0763. The van der Waals surface area contributed by atoms with E-state index in [1.807, 2.05) is 21.1 Å². The molecule has 1 N–H and O–H groups in total. The summed E-state index contributed by atoms with van der Waals surface area (Å²) in [5.41, 5.74) is 0. The van der Waals surface area contributed by atoms with Crippen molar-refractivity contribution in [3.63, 3.8) is 0 Å². The fraction of sp³-hybridized carbons (Fsp3) is 0.679. The number of esters is 1. The van der Waals surface area contributed by atoms with E-state index in [4.69, 9.17) is 18.5 Å². The van der Waals surface area contributed by atoms with Gasteiger partial charge in [-0.25, -0.2) is 4.57 Å². The summed E-state index contributed by atoms with van der Waals surface area (Å²) in [6, 6.07) is 0. The normalized spacial score (nSPS) is 15.3. The molecule has 0 saturated heterocycles. The second-order valence-corrected chi connectivity index (χ2v) is 11.2. The van der Waals surface area contributed by atoms with E-state index in [9.17, 15) is 14.3 Å². The van der Waals surface area contributed by atoms with Crippen LogP contribution in [0.25, 0.3) is 0 Å². The van der Waals surface area contributed by atoms with E-state index in [1.165, 1.54) is 6.92 Å². The highest BCUT2D eigenvalue weighted by Gasteiger charge is 2.25. The van der Waals surface area contributed by atoms with Gasteiger partial charge in [-0.2, -0.15) is 0 Å². The van der Waals surface area contributed by atoms with Crippen LogP contribution in [0.15, 0.2) is 48.6 Å². The molecule has 0 aromatic carbocycles. The molecule has 2 atom stereocenters. The zero-order chi connectivity index (χ0) is 27.8. The molecule has 0 aliphatic rings. The molecule has 0 heterocycles. The lowest BCUT2D eigenvalue weighted by molar-refractivity contribution is -0.870. The first-order valence-electron chi connectivity index (χ1n) is 13.3. The number of phosphoric ester groups is 1. The lowest BCUT2D eigenvalue weighted by Gasteiger charge is -2.24. The van der Waals surface area contributed by atoms with Crippen LogP contribution < -0.4 is 0 Å². The van der Waals surface area contributed by atoms with Crippen LogP contribution in [-0.4, -0.2) is 75.6 Å². The maximum absolute atomic E-state index is 12.0. The highest BCUT2D eigenvalue weighted by molar-refractivity contribution is 7.47. The van der Waals surface area contributed by atoms with Gasteiger partial charge in [-0.3, -0.25) is 13.8 Å². The number of hydrogen-bond donors (Lipinski definition) is 1. The molecule has 0 aromatic heterocycles. The minimum atomic E-state index is -4.23. The molecule has 0 radical (unpaired) electrons. The van der Waals surface area contributed by atoms with Gasteiger partial charge in [0.1, 0.15) is 19.3 Å². The smallest absolute Gasteiger partial charge is 0.458 e. The molecular weight excluding hydrogens is 493 g/mol. The Labute approximate surface area is 225 Å². The molecule has 9 heteroatoms. The molecule has 0 aliphatic carbocycles. The fourth-order valence-electron chi connectivity index (χ4n) is 2.95. The van der Waals surface area contributed by atoms with Crippen molar-refractivity contribution in [2.24, 2.45) is 0 Å². The standard InChI is InChI=1S/C28H50NO7P/c1-6-7-8-9-10-11-12-13-14-15-16-17-18-19-20-21-23-33-25-28(36-27(2)30)26-35-37(31,32)34-24-22-29(3,4)5/h7-8,10-11,13-14,16-17,28H,6,9,12,15,18-26H2,1-5H3/p+1/b8-7-,11-10-,14-13-,17-16-. The summed E-state index contributed by atoms with van der Waals surface area (Å²) in [7, 11) is 1.62. The number of likely N-dealkylation sites (N-methyl/N-ethyl adjacent to an activating group) is 1. The third-order valence-corrected chi connectivity index (χ3v) is 5.94. The van der Waals surface area contributed by atoms with E-state index in [0.29, 0.717) is 17.6 Å². The Kier molecular flexibility index (Phi) is 21.5. The Morgan fingerprint density at radius 2 is 1.43 bits per heavy atom. The Balaban J connectivity index is 3.93. The van der Waals surface area contributed by atoms with Gasteiger partial charge in [0.05, 0.1) is 34.4 Å². The molecule has 0 saturated carbocycles. The first-order valence-corrected chi connectivity index (χ1v) is 14.8. The Morgan fingerprint density at radius 3 is 2.00 bits per heavy atom. The first-order chi connectivity index (χ1) is 17.6. The molecule has 214 valence electrons. The van der Waals surface area contributed by atoms with Crippen molar-refractivity contribution in [1.29, 1.82) is 0 Å². The number of unbranched alkanes of at least 4 members (excludes halogenated alkanes) is 3. The molecule has 0 spiro atoms. The summed E-state index contributed by atoms with van der Waals surface area (Å²) in [6.07, 6.45) is 24.8. The Hall–Kier alpha value is -1.54. The summed E-state index contributed by atoms with van der Waals surface area (Å²) in [5, 5.41) is 0. The van der Waals surface area contributed by atoms with Crippen LogP contribution in [0.3, 0.4) is 0 Å². The molecule has 37 heavy (non-hydrogen) atoms. The average molecular weight is 545 g/mol. The number of carbonyl (C=O) groups is 1. The summed E-state index contributed by atoms with van der Waals surface area (Å²) >= 11 is 0. The van der Waals surface area contributed by atoms with Gasteiger partial charge < -0.3 is 18.9 Å². The molecule has 0 fully saturated rings. The Morgan fingerprint density at radius 1 is 0.838 bits per heavy atom. The topological polar surface area (TPSA) is 91.3 Å². The van der Waals surface area contributed by atoms with Crippen LogP contribution in [0.4, 0.5) is 0 Å². The molecule has 0 rings (SSSR count). The quantitative estimate of drug-likeness (QED) is 0.0543. The van der Waals surface area contributed by atoms with E-state index < -0.39 is 19.9 Å². The highest BCUT2D eigenvalue weighted by Crippen LogP contribution is 2.43. The predicted molar refractivity (Wildman–Crippen MR) is 150 cm³/mol. The maximum atomic E-state index is 12.0. The number of ether oxygens (including phenoxy) is 2. The van der Waals surface area contributed by atoms with E-state index in [0.717, 1.165) is 51.4 Å². The number of phosphoric acid groups is 1. The van der Waals surface area contributed by atoms with Crippen LogP contribution >= 0.6 is 7.82 Å². The van der Waals surface area contributed by atoms with Gasteiger partial charge >= 0.3 is 13.8 Å². The molecular formula is C28H51NO7P+. The van der Waals surface area contributed by atoms with Crippen LogP contribution in [0.1, 0.15) is 65.2 Å². The van der Waals surface area contributed by atoms with E-state index in [-0.39, 0.29) is 19.8 Å². The zero-order valence-corrected chi connectivity index (χ0v) is 24.6. The predicted octanol–water partition coefficient (Wildman–Crippen LogP) is 6.14. The van der Waals surface area contributed by atoms with Gasteiger partial charge in [0, 0.05) is 13.5 Å². The largest absolute Gasteiger partial charge is 0.472 e. The van der Waals surface area contributed by atoms with Gasteiger partial charge in [0.15, 0.2) is 0 Å². The lowest BCUT2D eigenvalue weighted by Crippen LogP contribution is -2.37. The van der Waals surface area contributed by atoms with Crippen molar-refractivity contribution in [3.8, 4) is 0 Å². The summed E-state index contributed by atoms with van der Waals surface area (Å²) in [4.78, 5) is 21.2. The fourth-order valence-corrected chi connectivity index (χ4v) is 3.69. The second kappa shape index (κ2) is 22.4. The number of rotatable bonds is 23. The van der Waals surface area contributed by atoms with E-state index in [1.54, 1.807) is 0 Å². The summed E-state index contributed by atoms with van der Waals surface area (Å²) in [6.45, 7) is 4.37. The number of hydrogen-bond acceptors (Lipinski definition) is 6. The van der Waals surface area contributed by atoms with Crippen LogP contribution in [0, 0.1) is 0 Å². The average Bonchev–Trinajstić information content (AvgIpc) is 2.80. The molecule has 0 aromatic rings. The van der Waals surface area contributed by atoms with Crippen molar-refractivity contribution in [2.75, 3.05) is 54.1 Å². The number of nitrogens with zero attached hydrogens (tertiary/aromatic N) is 1. The van der Waals surface area contributed by atoms with Crippen LogP contribution in [-0.2, 0) is 27.9 Å². The minimum Gasteiger partial charge on any atom is -0.458 e. The van der Waals surface area contributed by atoms with Gasteiger partial charge in [-0.1, -0.05) is 62.0 Å². The van der Waals surface area contributed by atoms with Crippen molar-refractivity contribution in [1.82, 2.24) is 0 Å². The Bertz CT molecular complexity index is 741. The molecule has 2 unspecified atom stereocenters. The van der Waals surface area contributed by atoms with Crippen molar-refractivity contribution < 1.29 is 37.3 Å². The lowest BCUT2D eigenvalue weighted by atomic mass is 10.2. The zero-order valence-electron chi connectivity index (χ0n) is 23.7. The number of allylic oxidation sites excluding steroid dienone is 8. The number of carbonyl (C=O) groups excluding carboxylic acids is 1. The molecule has 8 nitrogen and oxygen atoms in total. The van der Waals surface area contributed by atoms with Gasteiger partial charge in [-0.05, 0) is 44.9 Å². The van der Waals surface area contributed by atoms with Crippen molar-refractivity contribution in [2.45, 2.75) is 71.3 Å². The second-order valence-electron chi connectivity index (χ2n) is 9.77. The van der Waals surface area contributed by atoms with Gasteiger partial charge in [-0.15, -0.1) is 0 Å². The highest BCUT2D eigenvalue weighted by atomic mass is 31.2. The van der Waals surface area contributed by atoms with Gasteiger partial charge in [0.25, 0.3) is 0 Å². The van der Waals surface area contributed by atoms with Crippen LogP contribution in [0.5, 0.6) is 0 Å². The van der Waals surface area contributed by atoms with Crippen molar-refractivity contribution in [3.05, 3.63) is 48.6 Å². The van der Waals surface area contributed by atoms with E-state index in [2.05, 4.69) is 55.5 Å². The summed E-state index contributed by atoms with van der Waals surface area (Å²) < 4.78 is 33.3. The monoisotopic (exact) mass is 544 g/mol. The first kappa shape index (κ1) is 35.5. The molecule has 0 aliphatic heterocycles. The van der Waals surface area contributed by atoms with Crippen molar-refractivity contribution >= 4 is 13.8 Å². The SMILES string of the molecule is CC/C=C\C/C=C\C/C=C\C/C=C\CCCCCOCC(COP(=O)(O)OCC[N+](C)(C)C)OC(C)=O. The van der Waals surface area contributed by atoms with Crippen LogP contribution in [0.2, 0.25) is 0 Å². The third kappa shape index (κ3) is 27.3. The third-order valence-electron chi connectivity index (χ3n) is 4.95. The van der Waals surface area contributed by atoms with Gasteiger partial charge in [0.2, 0.25) is 0 Å². The summed E-state index contributed by atoms with van der Waals surface area (Å²) in [5.74, 6) is -0.506. The number of quaternary nitrogens is 1. The molecule has 0 amide bonds. The molecule has 0 bridgehead atoms. The maximum Gasteiger partial charge on any atom is 0.472 e.